The zero-order chi connectivity index (χ0) is 25.6. The van der Waals surface area contributed by atoms with Crippen LogP contribution >= 0.6 is 0 Å². The summed E-state index contributed by atoms with van der Waals surface area (Å²) in [6, 6.07) is 17.4. The highest BCUT2D eigenvalue weighted by atomic mass is 16.6. The maximum absolute atomic E-state index is 12.7. The number of para-hydroxylation sites is 1. The molecule has 3 aromatic rings. The lowest BCUT2D eigenvalue weighted by molar-refractivity contribution is -0.156. The van der Waals surface area contributed by atoms with Gasteiger partial charge in [-0.3, -0.25) is 0 Å². The highest BCUT2D eigenvalue weighted by molar-refractivity contribution is 6.00. The Bertz CT molecular complexity index is 1180. The van der Waals surface area contributed by atoms with Crippen LogP contribution in [-0.4, -0.2) is 29.7 Å². The number of hydrogen-bond acceptors (Lipinski definition) is 6. The van der Waals surface area contributed by atoms with Gasteiger partial charge in [0.1, 0.15) is 17.2 Å². The Kier molecular flexibility index (Phi) is 7.64. The fourth-order valence-corrected chi connectivity index (χ4v) is 3.32. The number of amides is 2. The SMILES string of the molecule is COC(=O)C(C)(C)Oc1ccc(NC(=O)Nc2cccnc2Oc2ccccc2C(C)(C)C)cc1. The number of ether oxygens (including phenoxy) is 3. The Balaban J connectivity index is 1.69. The number of carbonyl (C=O) groups excluding carboxylic acids is 2. The van der Waals surface area contributed by atoms with Crippen molar-refractivity contribution in [1.82, 2.24) is 4.98 Å². The van der Waals surface area contributed by atoms with Crippen LogP contribution in [-0.2, 0) is 14.9 Å². The van der Waals surface area contributed by atoms with E-state index in [9.17, 15) is 9.59 Å². The number of methoxy groups -OCH3 is 1. The first kappa shape index (κ1) is 25.6. The van der Waals surface area contributed by atoms with Gasteiger partial charge in [-0.2, -0.15) is 0 Å². The van der Waals surface area contributed by atoms with Crippen LogP contribution in [0.3, 0.4) is 0 Å². The van der Waals surface area contributed by atoms with E-state index >= 15 is 0 Å². The molecule has 0 saturated heterocycles. The smallest absolute Gasteiger partial charge is 0.349 e. The van der Waals surface area contributed by atoms with Crippen LogP contribution in [0.5, 0.6) is 17.4 Å². The first-order valence-electron chi connectivity index (χ1n) is 11.2. The number of aromatic nitrogens is 1. The molecule has 0 atom stereocenters. The van der Waals surface area contributed by atoms with Crippen LogP contribution in [0.15, 0.2) is 66.9 Å². The van der Waals surface area contributed by atoms with Gasteiger partial charge in [-0.05, 0) is 61.7 Å². The fourth-order valence-electron chi connectivity index (χ4n) is 3.32. The summed E-state index contributed by atoms with van der Waals surface area (Å²) in [6.07, 6.45) is 1.60. The van der Waals surface area contributed by atoms with Gasteiger partial charge in [-0.1, -0.05) is 39.0 Å². The molecule has 8 heteroatoms. The number of rotatable bonds is 7. The summed E-state index contributed by atoms with van der Waals surface area (Å²) in [5.41, 5.74) is 0.726. The lowest BCUT2D eigenvalue weighted by Crippen LogP contribution is -2.39. The van der Waals surface area contributed by atoms with Gasteiger partial charge in [0.05, 0.1) is 7.11 Å². The number of nitrogens with one attached hydrogen (secondary N) is 2. The highest BCUT2D eigenvalue weighted by Crippen LogP contribution is 2.35. The van der Waals surface area contributed by atoms with Crippen molar-refractivity contribution in [2.45, 2.75) is 45.6 Å². The summed E-state index contributed by atoms with van der Waals surface area (Å²) in [4.78, 5) is 28.8. The van der Waals surface area contributed by atoms with Crippen LogP contribution in [0.4, 0.5) is 16.2 Å². The highest BCUT2D eigenvalue weighted by Gasteiger charge is 2.31. The molecule has 0 radical (unpaired) electrons. The largest absolute Gasteiger partial charge is 0.476 e. The third-order valence-corrected chi connectivity index (χ3v) is 5.08. The molecule has 2 N–H and O–H groups in total. The number of esters is 1. The van der Waals surface area contributed by atoms with Crippen molar-refractivity contribution < 1.29 is 23.8 Å². The molecule has 0 spiro atoms. The molecular formula is C27H31N3O5. The van der Waals surface area contributed by atoms with Crippen LogP contribution in [0.1, 0.15) is 40.2 Å². The summed E-state index contributed by atoms with van der Waals surface area (Å²) in [5, 5.41) is 5.54. The second kappa shape index (κ2) is 10.5. The lowest BCUT2D eigenvalue weighted by Gasteiger charge is -2.23. The second-order valence-electron chi connectivity index (χ2n) is 9.41. The van der Waals surface area contributed by atoms with Gasteiger partial charge in [0, 0.05) is 17.4 Å². The molecule has 0 aliphatic rings. The van der Waals surface area contributed by atoms with E-state index in [4.69, 9.17) is 14.2 Å². The third-order valence-electron chi connectivity index (χ3n) is 5.08. The van der Waals surface area contributed by atoms with Gasteiger partial charge in [0.15, 0.2) is 5.60 Å². The van der Waals surface area contributed by atoms with E-state index < -0.39 is 17.6 Å². The topological polar surface area (TPSA) is 98.8 Å². The van der Waals surface area contributed by atoms with Gasteiger partial charge in [-0.25, -0.2) is 14.6 Å². The van der Waals surface area contributed by atoms with E-state index in [1.807, 2.05) is 24.3 Å². The van der Waals surface area contributed by atoms with E-state index in [2.05, 4.69) is 36.4 Å². The zero-order valence-corrected chi connectivity index (χ0v) is 20.8. The number of benzene rings is 2. The standard InChI is InChI=1S/C27H31N3O5/c1-26(2,3)20-10-7-8-12-22(20)34-23-21(11-9-17-28-23)30-25(32)29-18-13-15-19(16-14-18)35-27(4,5)24(31)33-6/h7-17H,1-6H3,(H2,29,30,32). The predicted molar refractivity (Wildman–Crippen MR) is 135 cm³/mol. The Hall–Kier alpha value is -4.07. The number of urea groups is 1. The summed E-state index contributed by atoms with van der Waals surface area (Å²) in [5.74, 6) is 0.936. The van der Waals surface area contributed by atoms with Crippen molar-refractivity contribution in [3.05, 3.63) is 72.4 Å². The average Bonchev–Trinajstić information content (AvgIpc) is 2.80. The van der Waals surface area contributed by atoms with Crippen LogP contribution in [0.25, 0.3) is 0 Å². The van der Waals surface area contributed by atoms with E-state index in [0.717, 1.165) is 5.56 Å². The number of pyridine rings is 1. The van der Waals surface area contributed by atoms with E-state index in [0.29, 0.717) is 22.9 Å². The molecule has 1 heterocycles. The monoisotopic (exact) mass is 477 g/mol. The molecule has 8 nitrogen and oxygen atoms in total. The molecule has 2 amide bonds. The molecule has 184 valence electrons. The van der Waals surface area contributed by atoms with Crippen molar-refractivity contribution >= 4 is 23.4 Å². The van der Waals surface area contributed by atoms with Crippen LogP contribution in [0, 0.1) is 0 Å². The predicted octanol–water partition coefficient (Wildman–Crippen LogP) is 6.15. The maximum atomic E-state index is 12.7. The molecule has 35 heavy (non-hydrogen) atoms. The van der Waals surface area contributed by atoms with Crippen molar-refractivity contribution in [2.24, 2.45) is 0 Å². The van der Waals surface area contributed by atoms with Gasteiger partial charge in [0.25, 0.3) is 0 Å². The van der Waals surface area contributed by atoms with Gasteiger partial charge >= 0.3 is 12.0 Å². The van der Waals surface area contributed by atoms with E-state index in [1.54, 1.807) is 56.4 Å². The zero-order valence-electron chi connectivity index (χ0n) is 20.8. The molecule has 3 rings (SSSR count). The number of carbonyl (C=O) groups is 2. The third kappa shape index (κ3) is 6.72. The Labute approximate surface area is 205 Å². The number of anilines is 2. The minimum atomic E-state index is -1.14. The molecule has 0 bridgehead atoms. The van der Waals surface area contributed by atoms with Crippen molar-refractivity contribution in [1.29, 1.82) is 0 Å². The van der Waals surface area contributed by atoms with Crippen LogP contribution < -0.4 is 20.1 Å². The minimum Gasteiger partial charge on any atom is -0.476 e. The number of hydrogen-bond donors (Lipinski definition) is 2. The number of nitrogens with zero attached hydrogens (tertiary/aromatic N) is 1. The fraction of sp³-hybridized carbons (Fsp3) is 0.296. The Morgan fingerprint density at radius 2 is 1.54 bits per heavy atom. The van der Waals surface area contributed by atoms with Crippen molar-refractivity contribution in [2.75, 3.05) is 17.7 Å². The lowest BCUT2D eigenvalue weighted by atomic mass is 9.86. The molecule has 0 fully saturated rings. The molecule has 0 saturated carbocycles. The maximum Gasteiger partial charge on any atom is 0.349 e. The van der Waals surface area contributed by atoms with Gasteiger partial charge in [0.2, 0.25) is 5.88 Å². The normalized spacial score (nSPS) is 11.4. The Morgan fingerprint density at radius 3 is 2.20 bits per heavy atom. The molecule has 0 unspecified atom stereocenters. The van der Waals surface area contributed by atoms with Crippen LogP contribution in [0.2, 0.25) is 0 Å². The van der Waals surface area contributed by atoms with Gasteiger partial charge in [-0.15, -0.1) is 0 Å². The molecule has 2 aromatic carbocycles. The molecular weight excluding hydrogens is 446 g/mol. The van der Waals surface area contributed by atoms with Crippen molar-refractivity contribution in [3.63, 3.8) is 0 Å². The quantitative estimate of drug-likeness (QED) is 0.396. The summed E-state index contributed by atoms with van der Waals surface area (Å²) >= 11 is 0. The van der Waals surface area contributed by atoms with E-state index in [-0.39, 0.29) is 11.3 Å². The Morgan fingerprint density at radius 1 is 0.857 bits per heavy atom. The first-order valence-corrected chi connectivity index (χ1v) is 11.2. The van der Waals surface area contributed by atoms with E-state index in [1.165, 1.54) is 7.11 Å². The average molecular weight is 478 g/mol. The first-order chi connectivity index (χ1) is 16.5. The summed E-state index contributed by atoms with van der Waals surface area (Å²) in [7, 11) is 1.31. The molecule has 1 aromatic heterocycles. The second-order valence-corrected chi connectivity index (χ2v) is 9.41. The van der Waals surface area contributed by atoms with Gasteiger partial charge < -0.3 is 24.8 Å². The molecule has 0 aliphatic carbocycles. The minimum absolute atomic E-state index is 0.127. The summed E-state index contributed by atoms with van der Waals surface area (Å²) < 4.78 is 16.5. The van der Waals surface area contributed by atoms with Crippen molar-refractivity contribution in [3.8, 4) is 17.4 Å². The summed E-state index contributed by atoms with van der Waals surface area (Å²) in [6.45, 7) is 9.55. The molecule has 0 aliphatic heterocycles.